The Balaban J connectivity index is 2.11. The van der Waals surface area contributed by atoms with Crippen LogP contribution in [-0.4, -0.2) is 22.4 Å². The molecule has 0 bridgehead atoms. The van der Waals surface area contributed by atoms with Gasteiger partial charge in [0.25, 0.3) is 11.5 Å². The van der Waals surface area contributed by atoms with Crippen molar-refractivity contribution in [2.24, 2.45) is 5.92 Å². The van der Waals surface area contributed by atoms with Gasteiger partial charge in [0.05, 0.1) is 5.69 Å². The Bertz CT molecular complexity index is 543. The molecule has 0 spiro atoms. The fraction of sp³-hybridized carbons (Fsp3) is 0.667. The summed E-state index contributed by atoms with van der Waals surface area (Å²) in [6.45, 7) is 6.54. The highest BCUT2D eigenvalue weighted by Gasteiger charge is 2.28. The topological polar surface area (TPSA) is 74.8 Å². The lowest BCUT2D eigenvalue weighted by Crippen LogP contribution is -2.34. The second-order valence-corrected chi connectivity index (χ2v) is 5.58. The molecule has 0 aliphatic heterocycles. The second kappa shape index (κ2) is 6.20. The summed E-state index contributed by atoms with van der Waals surface area (Å²) in [5.74, 6) is 1.25. The fourth-order valence-corrected chi connectivity index (χ4v) is 2.33. The SMILES string of the molecule is CCC(CC)CNC(=O)c1c(C)nc(C2CC2)[nH]c1=O. The fourth-order valence-electron chi connectivity index (χ4n) is 2.33. The molecule has 1 aliphatic carbocycles. The van der Waals surface area contributed by atoms with Crippen LogP contribution in [0.1, 0.15) is 67.3 Å². The molecule has 1 amide bonds. The van der Waals surface area contributed by atoms with E-state index in [0.717, 1.165) is 31.5 Å². The summed E-state index contributed by atoms with van der Waals surface area (Å²) in [5.41, 5.74) is 0.361. The third-order valence-electron chi connectivity index (χ3n) is 4.02. The average Bonchev–Trinajstić information content (AvgIpc) is 3.23. The quantitative estimate of drug-likeness (QED) is 0.836. The third-order valence-corrected chi connectivity index (χ3v) is 4.02. The predicted octanol–water partition coefficient (Wildman–Crippen LogP) is 2.12. The minimum absolute atomic E-state index is 0.153. The summed E-state index contributed by atoms with van der Waals surface area (Å²) in [5, 5.41) is 2.85. The van der Waals surface area contributed by atoms with E-state index < -0.39 is 0 Å². The maximum atomic E-state index is 12.1. The highest BCUT2D eigenvalue weighted by atomic mass is 16.2. The van der Waals surface area contributed by atoms with Crippen molar-refractivity contribution in [3.8, 4) is 0 Å². The molecule has 1 aromatic rings. The predicted molar refractivity (Wildman–Crippen MR) is 78.0 cm³/mol. The monoisotopic (exact) mass is 277 g/mol. The number of H-pyrrole nitrogens is 1. The number of carbonyl (C=O) groups excluding carboxylic acids is 1. The molecule has 1 saturated carbocycles. The Kier molecular flexibility index (Phi) is 4.57. The van der Waals surface area contributed by atoms with Crippen molar-refractivity contribution >= 4 is 5.91 Å². The molecule has 0 unspecified atom stereocenters. The number of nitrogens with one attached hydrogen (secondary N) is 2. The largest absolute Gasteiger partial charge is 0.352 e. The summed E-state index contributed by atoms with van der Waals surface area (Å²) >= 11 is 0. The number of hydrogen-bond donors (Lipinski definition) is 2. The number of carbonyl (C=O) groups is 1. The Labute approximate surface area is 119 Å². The summed E-state index contributed by atoms with van der Waals surface area (Å²) < 4.78 is 0. The molecule has 1 fully saturated rings. The van der Waals surface area contributed by atoms with E-state index in [4.69, 9.17) is 0 Å². The van der Waals surface area contributed by atoms with Gasteiger partial charge < -0.3 is 10.3 Å². The van der Waals surface area contributed by atoms with Gasteiger partial charge >= 0.3 is 0 Å². The van der Waals surface area contributed by atoms with E-state index in [1.54, 1.807) is 6.92 Å². The molecular formula is C15H23N3O2. The molecule has 5 nitrogen and oxygen atoms in total. The number of aromatic nitrogens is 2. The number of hydrogen-bond acceptors (Lipinski definition) is 3. The van der Waals surface area contributed by atoms with Crippen LogP contribution in [0, 0.1) is 12.8 Å². The van der Waals surface area contributed by atoms with Crippen molar-refractivity contribution in [1.82, 2.24) is 15.3 Å². The average molecular weight is 277 g/mol. The van der Waals surface area contributed by atoms with E-state index in [-0.39, 0.29) is 17.0 Å². The highest BCUT2D eigenvalue weighted by Crippen LogP contribution is 2.37. The number of aromatic amines is 1. The van der Waals surface area contributed by atoms with E-state index in [1.807, 2.05) is 0 Å². The number of amides is 1. The van der Waals surface area contributed by atoms with Crippen LogP contribution < -0.4 is 10.9 Å². The molecular weight excluding hydrogens is 254 g/mol. The van der Waals surface area contributed by atoms with Crippen molar-refractivity contribution in [1.29, 1.82) is 0 Å². The first-order valence-electron chi connectivity index (χ1n) is 7.45. The molecule has 0 atom stereocenters. The minimum atomic E-state index is -0.318. The lowest BCUT2D eigenvalue weighted by atomic mass is 10.0. The normalized spacial score (nSPS) is 14.6. The van der Waals surface area contributed by atoms with Gasteiger partial charge in [0.1, 0.15) is 11.4 Å². The number of aryl methyl sites for hydroxylation is 1. The zero-order valence-corrected chi connectivity index (χ0v) is 12.5. The first-order valence-corrected chi connectivity index (χ1v) is 7.45. The molecule has 0 radical (unpaired) electrons. The van der Waals surface area contributed by atoms with Gasteiger partial charge in [-0.05, 0) is 25.7 Å². The van der Waals surface area contributed by atoms with E-state index >= 15 is 0 Å². The summed E-state index contributed by atoms with van der Waals surface area (Å²) in [4.78, 5) is 31.3. The third kappa shape index (κ3) is 3.26. The number of rotatable bonds is 6. The standard InChI is InChI=1S/C15H23N3O2/c1-4-10(5-2)8-16-14(19)12-9(3)17-13(11-6-7-11)18-15(12)20/h10-11H,4-8H2,1-3H3,(H,16,19)(H,17,18,20). The summed E-state index contributed by atoms with van der Waals surface area (Å²) in [7, 11) is 0. The first-order chi connectivity index (χ1) is 9.56. The van der Waals surface area contributed by atoms with Crippen LogP contribution in [0.2, 0.25) is 0 Å². The Hall–Kier alpha value is -1.65. The molecule has 20 heavy (non-hydrogen) atoms. The van der Waals surface area contributed by atoms with E-state index in [0.29, 0.717) is 24.1 Å². The Morgan fingerprint density at radius 2 is 2.05 bits per heavy atom. The van der Waals surface area contributed by atoms with Crippen LogP contribution in [0.5, 0.6) is 0 Å². The molecule has 1 aromatic heterocycles. The maximum absolute atomic E-state index is 12.1. The zero-order chi connectivity index (χ0) is 14.7. The van der Waals surface area contributed by atoms with Crippen LogP contribution in [0.4, 0.5) is 0 Å². The second-order valence-electron chi connectivity index (χ2n) is 5.58. The van der Waals surface area contributed by atoms with Crippen LogP contribution >= 0.6 is 0 Å². The van der Waals surface area contributed by atoms with Crippen LogP contribution in [0.25, 0.3) is 0 Å². The van der Waals surface area contributed by atoms with Crippen LogP contribution in [0.3, 0.4) is 0 Å². The van der Waals surface area contributed by atoms with E-state index in [1.165, 1.54) is 0 Å². The van der Waals surface area contributed by atoms with Crippen molar-refractivity contribution in [2.45, 2.75) is 52.4 Å². The Morgan fingerprint density at radius 1 is 1.40 bits per heavy atom. The summed E-state index contributed by atoms with van der Waals surface area (Å²) in [6.07, 6.45) is 4.18. The number of nitrogens with zero attached hydrogens (tertiary/aromatic N) is 1. The van der Waals surface area contributed by atoms with E-state index in [9.17, 15) is 9.59 Å². The van der Waals surface area contributed by atoms with Gasteiger partial charge in [0.2, 0.25) is 0 Å². The summed E-state index contributed by atoms with van der Waals surface area (Å²) in [6, 6.07) is 0. The molecule has 0 aromatic carbocycles. The van der Waals surface area contributed by atoms with Crippen molar-refractivity contribution < 1.29 is 4.79 Å². The van der Waals surface area contributed by atoms with Gasteiger partial charge in [-0.25, -0.2) is 4.98 Å². The molecule has 2 rings (SSSR count). The van der Waals surface area contributed by atoms with Crippen LogP contribution in [0.15, 0.2) is 4.79 Å². The highest BCUT2D eigenvalue weighted by molar-refractivity contribution is 5.94. The lowest BCUT2D eigenvalue weighted by Gasteiger charge is -2.13. The Morgan fingerprint density at radius 3 is 2.55 bits per heavy atom. The van der Waals surface area contributed by atoms with Gasteiger partial charge in [0, 0.05) is 12.5 Å². The molecule has 1 heterocycles. The van der Waals surface area contributed by atoms with Gasteiger partial charge in [-0.15, -0.1) is 0 Å². The maximum Gasteiger partial charge on any atom is 0.264 e. The van der Waals surface area contributed by atoms with Gasteiger partial charge in [-0.1, -0.05) is 26.7 Å². The van der Waals surface area contributed by atoms with Crippen LogP contribution in [-0.2, 0) is 0 Å². The van der Waals surface area contributed by atoms with E-state index in [2.05, 4.69) is 29.1 Å². The molecule has 2 N–H and O–H groups in total. The molecule has 1 aliphatic rings. The van der Waals surface area contributed by atoms with Crippen molar-refractivity contribution in [3.63, 3.8) is 0 Å². The lowest BCUT2D eigenvalue weighted by molar-refractivity contribution is 0.0943. The molecule has 110 valence electrons. The van der Waals surface area contributed by atoms with Gasteiger partial charge in [-0.2, -0.15) is 0 Å². The van der Waals surface area contributed by atoms with Crippen molar-refractivity contribution in [3.05, 3.63) is 27.4 Å². The zero-order valence-electron chi connectivity index (χ0n) is 12.5. The minimum Gasteiger partial charge on any atom is -0.352 e. The molecule has 5 heteroatoms. The smallest absolute Gasteiger partial charge is 0.264 e. The molecule has 0 saturated heterocycles. The van der Waals surface area contributed by atoms with Crippen molar-refractivity contribution in [2.75, 3.05) is 6.54 Å². The van der Waals surface area contributed by atoms with Gasteiger partial charge in [0.15, 0.2) is 0 Å². The van der Waals surface area contributed by atoms with Gasteiger partial charge in [-0.3, -0.25) is 9.59 Å². The first kappa shape index (κ1) is 14.8.